The van der Waals surface area contributed by atoms with Gasteiger partial charge in [-0.3, -0.25) is 23.7 Å². The first-order chi connectivity index (χ1) is 16.0. The first-order valence-electron chi connectivity index (χ1n) is 10.9. The van der Waals surface area contributed by atoms with E-state index in [0.717, 1.165) is 6.42 Å². The largest absolute Gasteiger partial charge is 0.363 e. The monoisotopic (exact) mass is 447 g/mol. The maximum absolute atomic E-state index is 12.9. The zero-order valence-corrected chi connectivity index (χ0v) is 18.5. The zero-order valence-electron chi connectivity index (χ0n) is 18.5. The van der Waals surface area contributed by atoms with Gasteiger partial charge in [-0.25, -0.2) is 14.8 Å². The number of nitrogens with zero attached hydrogens (tertiary/aromatic N) is 5. The van der Waals surface area contributed by atoms with E-state index in [1.54, 1.807) is 41.2 Å². The Morgan fingerprint density at radius 3 is 2.52 bits per heavy atom. The number of aryl methyl sites for hydroxylation is 1. The van der Waals surface area contributed by atoms with Crippen molar-refractivity contribution in [3.63, 3.8) is 0 Å². The van der Waals surface area contributed by atoms with Crippen molar-refractivity contribution in [1.82, 2.24) is 29.1 Å². The molecule has 0 aliphatic heterocycles. The fourth-order valence-electron chi connectivity index (χ4n) is 3.59. The quantitative estimate of drug-likeness (QED) is 0.377. The average Bonchev–Trinajstić information content (AvgIpc) is 3.29. The van der Waals surface area contributed by atoms with Crippen molar-refractivity contribution in [1.29, 1.82) is 0 Å². The molecule has 4 aromatic heterocycles. The van der Waals surface area contributed by atoms with Crippen molar-refractivity contribution in [3.05, 3.63) is 69.3 Å². The molecule has 2 N–H and O–H groups in total. The van der Waals surface area contributed by atoms with Crippen LogP contribution in [0.2, 0.25) is 0 Å². The van der Waals surface area contributed by atoms with Gasteiger partial charge in [0.25, 0.3) is 5.56 Å². The number of aromatic nitrogens is 6. The molecule has 0 saturated carbocycles. The molecular weight excluding hydrogens is 422 g/mol. The Bertz CT molecular complexity index is 1390. The molecule has 0 bridgehead atoms. The Labute approximate surface area is 189 Å². The van der Waals surface area contributed by atoms with Crippen molar-refractivity contribution in [2.75, 3.05) is 11.9 Å². The van der Waals surface area contributed by atoms with Crippen LogP contribution in [-0.4, -0.2) is 41.4 Å². The van der Waals surface area contributed by atoms with E-state index < -0.39 is 0 Å². The van der Waals surface area contributed by atoms with Gasteiger partial charge >= 0.3 is 5.69 Å². The van der Waals surface area contributed by atoms with Gasteiger partial charge in [0, 0.05) is 42.8 Å². The number of ketones is 1. The summed E-state index contributed by atoms with van der Waals surface area (Å²) in [6.45, 7) is 4.80. The van der Waals surface area contributed by atoms with E-state index in [2.05, 4.69) is 25.3 Å². The van der Waals surface area contributed by atoms with Crippen LogP contribution in [0.3, 0.4) is 0 Å². The number of carbonyl (C=O) groups excluding carboxylic acids is 1. The van der Waals surface area contributed by atoms with Crippen molar-refractivity contribution < 1.29 is 4.79 Å². The van der Waals surface area contributed by atoms with Gasteiger partial charge in [0.1, 0.15) is 17.2 Å². The zero-order chi connectivity index (χ0) is 23.4. The van der Waals surface area contributed by atoms with Crippen molar-refractivity contribution in [3.8, 4) is 11.4 Å². The molecule has 0 aromatic carbocycles. The maximum atomic E-state index is 12.9. The average molecular weight is 447 g/mol. The van der Waals surface area contributed by atoms with Gasteiger partial charge in [0.05, 0.1) is 6.54 Å². The number of H-pyrrole nitrogens is 1. The van der Waals surface area contributed by atoms with Gasteiger partial charge in [0.15, 0.2) is 11.4 Å². The number of carbonyl (C=O) groups is 1. The molecule has 0 aliphatic rings. The van der Waals surface area contributed by atoms with Crippen molar-refractivity contribution >= 4 is 22.8 Å². The predicted molar refractivity (Wildman–Crippen MR) is 125 cm³/mol. The van der Waals surface area contributed by atoms with Crippen LogP contribution in [0.25, 0.3) is 22.6 Å². The topological polar surface area (TPSA) is 128 Å². The lowest BCUT2D eigenvalue weighted by Crippen LogP contribution is -2.40. The Balaban J connectivity index is 1.61. The smallest absolute Gasteiger partial charge is 0.332 e. The summed E-state index contributed by atoms with van der Waals surface area (Å²) in [6, 6.07) is 6.94. The highest BCUT2D eigenvalue weighted by atomic mass is 16.2. The Morgan fingerprint density at radius 1 is 1.06 bits per heavy atom. The number of pyridine rings is 2. The lowest BCUT2D eigenvalue weighted by Gasteiger charge is -2.09. The number of nitrogens with one attached hydrogen (secondary N) is 2. The van der Waals surface area contributed by atoms with Gasteiger partial charge in [-0.05, 0) is 37.1 Å². The van der Waals surface area contributed by atoms with Crippen LogP contribution in [0.5, 0.6) is 0 Å². The lowest BCUT2D eigenvalue weighted by atomic mass is 10.2. The molecule has 4 rings (SSSR count). The van der Waals surface area contributed by atoms with E-state index in [0.29, 0.717) is 53.4 Å². The molecular formula is C23H25N7O3. The standard InChI is InChI=1S/C23H25N7O3/c1-3-10-29-21-19(22(32)30(11-4-2)23(29)33)27-20(28-21)16-7-8-18(25-13-16)26-14-17(31)15-6-5-9-24-12-15/h5-9,12-13H,3-4,10-11,14H2,1-2H3,(H,25,26)(H,27,28). The van der Waals surface area contributed by atoms with Crippen LogP contribution >= 0.6 is 0 Å². The molecule has 0 saturated heterocycles. The number of hydrogen-bond donors (Lipinski definition) is 2. The lowest BCUT2D eigenvalue weighted by molar-refractivity contribution is 0.101. The molecule has 170 valence electrons. The van der Waals surface area contributed by atoms with E-state index in [1.807, 2.05) is 13.8 Å². The molecule has 0 radical (unpaired) electrons. The minimum absolute atomic E-state index is 0.0863. The van der Waals surface area contributed by atoms with Crippen LogP contribution in [0.15, 0.2) is 52.4 Å². The second-order valence-corrected chi connectivity index (χ2v) is 7.63. The number of rotatable bonds is 9. The van der Waals surface area contributed by atoms with E-state index in [-0.39, 0.29) is 23.6 Å². The third kappa shape index (κ3) is 4.45. The van der Waals surface area contributed by atoms with Gasteiger partial charge in [-0.2, -0.15) is 0 Å². The maximum Gasteiger partial charge on any atom is 0.332 e. The summed E-state index contributed by atoms with van der Waals surface area (Å²) < 4.78 is 2.80. The molecule has 0 spiro atoms. The normalized spacial score (nSPS) is 11.1. The summed E-state index contributed by atoms with van der Waals surface area (Å²) in [5.74, 6) is 0.884. The molecule has 0 aliphatic carbocycles. The van der Waals surface area contributed by atoms with Gasteiger partial charge in [-0.15, -0.1) is 0 Å². The molecule has 0 fully saturated rings. The van der Waals surface area contributed by atoms with Crippen LogP contribution < -0.4 is 16.6 Å². The van der Waals surface area contributed by atoms with Gasteiger partial charge in [-0.1, -0.05) is 13.8 Å². The van der Waals surface area contributed by atoms with E-state index >= 15 is 0 Å². The van der Waals surface area contributed by atoms with Crippen LogP contribution in [0.4, 0.5) is 5.82 Å². The summed E-state index contributed by atoms with van der Waals surface area (Å²) in [4.78, 5) is 53.8. The molecule has 0 amide bonds. The van der Waals surface area contributed by atoms with Crippen LogP contribution in [-0.2, 0) is 13.1 Å². The third-order valence-electron chi connectivity index (χ3n) is 5.21. The fourth-order valence-corrected chi connectivity index (χ4v) is 3.59. The molecule has 10 nitrogen and oxygen atoms in total. The summed E-state index contributed by atoms with van der Waals surface area (Å²) in [7, 11) is 0. The molecule has 0 atom stereocenters. The summed E-state index contributed by atoms with van der Waals surface area (Å²) in [5.41, 5.74) is 1.12. The van der Waals surface area contributed by atoms with Crippen molar-refractivity contribution in [2.45, 2.75) is 39.8 Å². The SMILES string of the molecule is CCCn1c(=O)c2[nH]c(-c3ccc(NCC(=O)c4cccnc4)nc3)nc2n(CCC)c1=O. The first-order valence-corrected chi connectivity index (χ1v) is 10.9. The highest BCUT2D eigenvalue weighted by Gasteiger charge is 2.17. The Morgan fingerprint density at radius 2 is 1.85 bits per heavy atom. The fraction of sp³-hybridized carbons (Fsp3) is 0.304. The number of fused-ring (bicyclic) bond motifs is 1. The first kappa shape index (κ1) is 22.1. The van der Waals surface area contributed by atoms with Crippen molar-refractivity contribution in [2.24, 2.45) is 0 Å². The molecule has 33 heavy (non-hydrogen) atoms. The van der Waals surface area contributed by atoms with E-state index in [4.69, 9.17) is 0 Å². The Hall–Kier alpha value is -4.08. The second kappa shape index (κ2) is 9.60. The minimum atomic E-state index is -0.372. The van der Waals surface area contributed by atoms with E-state index in [1.165, 1.54) is 10.8 Å². The predicted octanol–water partition coefficient (Wildman–Crippen LogP) is 2.46. The number of aromatic amines is 1. The Kier molecular flexibility index (Phi) is 6.43. The molecule has 0 unspecified atom stereocenters. The third-order valence-corrected chi connectivity index (χ3v) is 5.21. The summed E-state index contributed by atoms with van der Waals surface area (Å²) in [6.07, 6.45) is 6.15. The van der Waals surface area contributed by atoms with Crippen LogP contribution in [0, 0.1) is 0 Å². The highest BCUT2D eigenvalue weighted by Crippen LogP contribution is 2.19. The molecule has 4 aromatic rings. The van der Waals surface area contributed by atoms with Gasteiger partial charge in [0.2, 0.25) is 0 Å². The van der Waals surface area contributed by atoms with Crippen LogP contribution in [0.1, 0.15) is 37.0 Å². The number of hydrogen-bond acceptors (Lipinski definition) is 7. The highest BCUT2D eigenvalue weighted by molar-refractivity contribution is 5.98. The summed E-state index contributed by atoms with van der Waals surface area (Å²) >= 11 is 0. The number of anilines is 1. The number of imidazole rings is 1. The molecule has 4 heterocycles. The van der Waals surface area contributed by atoms with Gasteiger partial charge < -0.3 is 10.3 Å². The summed E-state index contributed by atoms with van der Waals surface area (Å²) in [5, 5.41) is 2.99. The minimum Gasteiger partial charge on any atom is -0.363 e. The second-order valence-electron chi connectivity index (χ2n) is 7.63. The number of Topliss-reactive ketones (excluding diaryl/α,β-unsaturated/α-hetero) is 1. The van der Waals surface area contributed by atoms with E-state index in [9.17, 15) is 14.4 Å². The molecule has 10 heteroatoms.